The number of hydrogen-bond acceptors (Lipinski definition) is 5. The first-order valence-electron chi connectivity index (χ1n) is 6.00. The van der Waals surface area contributed by atoms with Gasteiger partial charge in [-0.25, -0.2) is 0 Å². The molecule has 2 heterocycles. The summed E-state index contributed by atoms with van der Waals surface area (Å²) in [5.41, 5.74) is 7.74. The first kappa shape index (κ1) is 12.4. The van der Waals surface area contributed by atoms with Gasteiger partial charge in [0.2, 0.25) is 0 Å². The summed E-state index contributed by atoms with van der Waals surface area (Å²) in [5.74, 6) is 0.841. The second-order valence-corrected chi connectivity index (χ2v) is 3.92. The summed E-state index contributed by atoms with van der Waals surface area (Å²) in [7, 11) is 0. The number of pyridine rings is 1. The highest BCUT2D eigenvalue weighted by molar-refractivity contribution is 5.45. The highest BCUT2D eigenvalue weighted by atomic mass is 15.3. The molecule has 0 aliphatic carbocycles. The Balaban J connectivity index is 2.23. The average molecular weight is 243 g/mol. The van der Waals surface area contributed by atoms with E-state index in [-0.39, 0.29) is 0 Å². The quantitative estimate of drug-likeness (QED) is 0.858. The van der Waals surface area contributed by atoms with Crippen LogP contribution >= 0.6 is 0 Å². The third-order valence-corrected chi connectivity index (χ3v) is 2.76. The van der Waals surface area contributed by atoms with Gasteiger partial charge in [-0.1, -0.05) is 6.07 Å². The number of anilines is 1. The van der Waals surface area contributed by atoms with Crippen molar-refractivity contribution in [1.82, 2.24) is 15.2 Å². The number of rotatable bonds is 5. The summed E-state index contributed by atoms with van der Waals surface area (Å²) in [6.07, 6.45) is 3.46. The van der Waals surface area contributed by atoms with Crippen LogP contribution < -0.4 is 10.6 Å². The molecule has 2 aromatic heterocycles. The van der Waals surface area contributed by atoms with Gasteiger partial charge in [0.05, 0.1) is 18.4 Å². The van der Waals surface area contributed by atoms with Gasteiger partial charge in [-0.15, -0.1) is 5.10 Å². The molecule has 2 N–H and O–H groups in total. The number of aromatic nitrogens is 3. The minimum Gasteiger partial charge on any atom is -0.349 e. The summed E-state index contributed by atoms with van der Waals surface area (Å²) >= 11 is 0. The number of nitrogens with two attached hydrogens (primary N) is 1. The lowest BCUT2D eigenvalue weighted by atomic mass is 10.2. The zero-order valence-electron chi connectivity index (χ0n) is 10.5. The second kappa shape index (κ2) is 6.07. The molecule has 2 aromatic rings. The number of nitrogens with zero attached hydrogens (tertiary/aromatic N) is 4. The average Bonchev–Trinajstić information content (AvgIpc) is 2.46. The van der Waals surface area contributed by atoms with Crippen molar-refractivity contribution in [3.63, 3.8) is 0 Å². The molecule has 0 spiro atoms. The molecular weight excluding hydrogens is 226 g/mol. The Kier molecular flexibility index (Phi) is 4.20. The van der Waals surface area contributed by atoms with Gasteiger partial charge in [0.15, 0.2) is 5.82 Å². The maximum absolute atomic E-state index is 5.73. The van der Waals surface area contributed by atoms with Crippen LogP contribution in [0.2, 0.25) is 0 Å². The van der Waals surface area contributed by atoms with Gasteiger partial charge in [-0.05, 0) is 25.1 Å². The van der Waals surface area contributed by atoms with Crippen LogP contribution in [0.4, 0.5) is 5.82 Å². The maximum Gasteiger partial charge on any atom is 0.156 e. The lowest BCUT2D eigenvalue weighted by Crippen LogP contribution is -2.25. The van der Waals surface area contributed by atoms with Gasteiger partial charge in [-0.3, -0.25) is 4.98 Å². The summed E-state index contributed by atoms with van der Waals surface area (Å²) in [5, 5.41) is 8.12. The zero-order chi connectivity index (χ0) is 12.8. The maximum atomic E-state index is 5.73. The predicted molar refractivity (Wildman–Crippen MR) is 70.9 cm³/mol. The molecule has 0 amide bonds. The molecule has 0 unspecified atom stereocenters. The Labute approximate surface area is 107 Å². The van der Waals surface area contributed by atoms with Crippen molar-refractivity contribution in [1.29, 1.82) is 0 Å². The van der Waals surface area contributed by atoms with E-state index in [1.807, 2.05) is 24.3 Å². The van der Waals surface area contributed by atoms with E-state index in [1.54, 1.807) is 12.4 Å². The number of hydrogen-bond donors (Lipinski definition) is 1. The largest absolute Gasteiger partial charge is 0.349 e. The van der Waals surface area contributed by atoms with Crippen molar-refractivity contribution >= 4 is 5.82 Å². The van der Waals surface area contributed by atoms with Gasteiger partial charge in [-0.2, -0.15) is 5.10 Å². The van der Waals surface area contributed by atoms with Crippen LogP contribution in [-0.2, 0) is 13.1 Å². The first-order chi connectivity index (χ1) is 8.85. The van der Waals surface area contributed by atoms with E-state index in [0.717, 1.165) is 23.6 Å². The molecule has 0 bridgehead atoms. The Morgan fingerprint density at radius 2 is 2.11 bits per heavy atom. The fourth-order valence-corrected chi connectivity index (χ4v) is 1.80. The van der Waals surface area contributed by atoms with Crippen molar-refractivity contribution in [3.8, 4) is 0 Å². The van der Waals surface area contributed by atoms with Crippen molar-refractivity contribution in [3.05, 3.63) is 47.9 Å². The normalized spacial score (nSPS) is 10.3. The van der Waals surface area contributed by atoms with Crippen LogP contribution in [0.1, 0.15) is 18.2 Å². The summed E-state index contributed by atoms with van der Waals surface area (Å²) in [6.45, 7) is 4.09. The molecule has 0 saturated heterocycles. The topological polar surface area (TPSA) is 67.9 Å². The summed E-state index contributed by atoms with van der Waals surface area (Å²) < 4.78 is 0. The molecule has 0 atom stereocenters. The molecule has 5 heteroatoms. The van der Waals surface area contributed by atoms with Gasteiger partial charge in [0, 0.05) is 24.8 Å². The molecule has 0 aliphatic rings. The standard InChI is InChI=1S/C13H17N5/c1-2-18(10-12-5-3-4-7-15-12)13-11(9-14)6-8-16-17-13/h3-8H,2,9-10,14H2,1H3. The van der Waals surface area contributed by atoms with Crippen LogP contribution in [0.5, 0.6) is 0 Å². The van der Waals surface area contributed by atoms with Gasteiger partial charge < -0.3 is 10.6 Å². The van der Waals surface area contributed by atoms with E-state index in [9.17, 15) is 0 Å². The highest BCUT2D eigenvalue weighted by Crippen LogP contribution is 2.17. The van der Waals surface area contributed by atoms with Gasteiger partial charge >= 0.3 is 0 Å². The van der Waals surface area contributed by atoms with Crippen molar-refractivity contribution in [2.75, 3.05) is 11.4 Å². The van der Waals surface area contributed by atoms with Crippen LogP contribution in [0.25, 0.3) is 0 Å². The van der Waals surface area contributed by atoms with E-state index in [1.165, 1.54) is 0 Å². The SMILES string of the molecule is CCN(Cc1ccccn1)c1nnccc1CN. The Morgan fingerprint density at radius 1 is 1.22 bits per heavy atom. The van der Waals surface area contributed by atoms with E-state index < -0.39 is 0 Å². The molecule has 0 saturated carbocycles. The van der Waals surface area contributed by atoms with Crippen LogP contribution in [0.3, 0.4) is 0 Å². The van der Waals surface area contributed by atoms with E-state index in [0.29, 0.717) is 13.1 Å². The molecule has 18 heavy (non-hydrogen) atoms. The van der Waals surface area contributed by atoms with Crippen molar-refractivity contribution < 1.29 is 0 Å². The molecule has 2 rings (SSSR count). The molecule has 0 fully saturated rings. The minimum atomic E-state index is 0.462. The van der Waals surface area contributed by atoms with E-state index >= 15 is 0 Å². The first-order valence-corrected chi connectivity index (χ1v) is 6.00. The molecule has 0 radical (unpaired) electrons. The lowest BCUT2D eigenvalue weighted by molar-refractivity contribution is 0.767. The van der Waals surface area contributed by atoms with E-state index in [2.05, 4.69) is 27.0 Å². The molecule has 0 aliphatic heterocycles. The van der Waals surface area contributed by atoms with Crippen LogP contribution in [-0.4, -0.2) is 21.7 Å². The van der Waals surface area contributed by atoms with Crippen molar-refractivity contribution in [2.45, 2.75) is 20.0 Å². The summed E-state index contributed by atoms with van der Waals surface area (Å²) in [4.78, 5) is 6.45. The highest BCUT2D eigenvalue weighted by Gasteiger charge is 2.11. The molecular formula is C13H17N5. The molecule has 5 nitrogen and oxygen atoms in total. The minimum absolute atomic E-state index is 0.462. The van der Waals surface area contributed by atoms with Gasteiger partial charge in [0.25, 0.3) is 0 Å². The second-order valence-electron chi connectivity index (χ2n) is 3.92. The van der Waals surface area contributed by atoms with Crippen LogP contribution in [0, 0.1) is 0 Å². The smallest absolute Gasteiger partial charge is 0.156 e. The Hall–Kier alpha value is -2.01. The lowest BCUT2D eigenvalue weighted by Gasteiger charge is -2.22. The molecule has 94 valence electrons. The van der Waals surface area contributed by atoms with Gasteiger partial charge in [0.1, 0.15) is 0 Å². The van der Waals surface area contributed by atoms with Crippen molar-refractivity contribution in [2.24, 2.45) is 5.73 Å². The van der Waals surface area contributed by atoms with Crippen LogP contribution in [0.15, 0.2) is 36.7 Å². The fourth-order valence-electron chi connectivity index (χ4n) is 1.80. The molecule has 0 aromatic carbocycles. The zero-order valence-corrected chi connectivity index (χ0v) is 10.5. The predicted octanol–water partition coefficient (Wildman–Crippen LogP) is 1.36. The third kappa shape index (κ3) is 2.81. The van der Waals surface area contributed by atoms with E-state index in [4.69, 9.17) is 5.73 Å². The Bertz CT molecular complexity index is 486. The third-order valence-electron chi connectivity index (χ3n) is 2.76. The summed E-state index contributed by atoms with van der Waals surface area (Å²) in [6, 6.07) is 7.80. The monoisotopic (exact) mass is 243 g/mol. The fraction of sp³-hybridized carbons (Fsp3) is 0.308. The Morgan fingerprint density at radius 3 is 2.78 bits per heavy atom.